The maximum atomic E-state index is 8.80. The van der Waals surface area contributed by atoms with Crippen molar-refractivity contribution in [2.24, 2.45) is 0 Å². The highest BCUT2D eigenvalue weighted by Crippen LogP contribution is 2.19. The first-order chi connectivity index (χ1) is 7.33. The van der Waals surface area contributed by atoms with Crippen LogP contribution in [-0.2, 0) is 11.3 Å². The summed E-state index contributed by atoms with van der Waals surface area (Å²) in [7, 11) is 0. The largest absolute Gasteiger partial charge is 0.387 e. The summed E-state index contributed by atoms with van der Waals surface area (Å²) in [6.45, 7) is 5.28. The summed E-state index contributed by atoms with van der Waals surface area (Å²) in [5, 5.41) is 12.6. The van der Waals surface area contributed by atoms with Crippen LogP contribution in [0, 0.1) is 0 Å². The predicted octanol–water partition coefficient (Wildman–Crippen LogP) is -0.0449. The lowest BCUT2D eigenvalue weighted by Gasteiger charge is -2.30. The average molecular weight is 213 g/mol. The van der Waals surface area contributed by atoms with Gasteiger partial charge in [0.15, 0.2) is 0 Å². The van der Waals surface area contributed by atoms with Gasteiger partial charge in [0.25, 0.3) is 5.89 Å². The summed E-state index contributed by atoms with van der Waals surface area (Å²) in [5.74, 6) is 0.763. The minimum atomic E-state index is -0.225. The van der Waals surface area contributed by atoms with Crippen molar-refractivity contribution in [2.75, 3.05) is 26.2 Å². The van der Waals surface area contributed by atoms with Crippen LogP contribution in [0.25, 0.3) is 0 Å². The molecule has 84 valence electrons. The van der Waals surface area contributed by atoms with E-state index in [0.29, 0.717) is 12.4 Å². The number of ether oxygens (including phenoxy) is 1. The van der Waals surface area contributed by atoms with Crippen molar-refractivity contribution in [3.63, 3.8) is 0 Å². The van der Waals surface area contributed by atoms with Crippen LogP contribution in [0.15, 0.2) is 4.52 Å². The van der Waals surface area contributed by atoms with Crippen molar-refractivity contribution in [2.45, 2.75) is 19.6 Å². The van der Waals surface area contributed by atoms with Gasteiger partial charge in [-0.2, -0.15) is 4.98 Å². The minimum absolute atomic E-state index is 0.136. The fraction of sp³-hybridized carbons (Fsp3) is 0.778. The first kappa shape index (κ1) is 10.5. The molecule has 15 heavy (non-hydrogen) atoms. The van der Waals surface area contributed by atoms with Gasteiger partial charge in [0.05, 0.1) is 6.61 Å². The zero-order valence-corrected chi connectivity index (χ0v) is 8.72. The van der Waals surface area contributed by atoms with E-state index in [1.54, 1.807) is 0 Å². The first-order valence-corrected chi connectivity index (χ1v) is 5.10. The van der Waals surface area contributed by atoms with Gasteiger partial charge in [0, 0.05) is 13.1 Å². The lowest BCUT2D eigenvalue weighted by Crippen LogP contribution is -2.38. The Labute approximate surface area is 87.8 Å². The molecule has 1 fully saturated rings. The van der Waals surface area contributed by atoms with Crippen molar-refractivity contribution in [3.05, 3.63) is 11.7 Å². The number of likely N-dealkylation sites (N-methyl/N-ethyl adjacent to an activating group) is 1. The molecule has 6 nitrogen and oxygen atoms in total. The van der Waals surface area contributed by atoms with Gasteiger partial charge < -0.3 is 14.4 Å². The zero-order valence-electron chi connectivity index (χ0n) is 8.72. The van der Waals surface area contributed by atoms with Crippen LogP contribution in [0.5, 0.6) is 0 Å². The zero-order chi connectivity index (χ0) is 10.7. The lowest BCUT2D eigenvalue weighted by molar-refractivity contribution is -0.0334. The van der Waals surface area contributed by atoms with Crippen molar-refractivity contribution in [1.29, 1.82) is 0 Å². The van der Waals surface area contributed by atoms with Crippen molar-refractivity contribution in [3.8, 4) is 0 Å². The highest BCUT2D eigenvalue weighted by Gasteiger charge is 2.25. The minimum Gasteiger partial charge on any atom is -0.387 e. The number of morpholine rings is 1. The van der Waals surface area contributed by atoms with Crippen LogP contribution in [0.4, 0.5) is 0 Å². The summed E-state index contributed by atoms with van der Waals surface area (Å²) < 4.78 is 10.4. The Morgan fingerprint density at radius 2 is 2.47 bits per heavy atom. The molecule has 0 bridgehead atoms. The Hall–Kier alpha value is -0.980. The quantitative estimate of drug-likeness (QED) is 0.759. The maximum Gasteiger partial charge on any atom is 0.252 e. The molecule has 2 rings (SSSR count). The van der Waals surface area contributed by atoms with Gasteiger partial charge in [-0.05, 0) is 6.54 Å². The second-order valence-electron chi connectivity index (χ2n) is 3.46. The van der Waals surface area contributed by atoms with Gasteiger partial charge in [-0.15, -0.1) is 0 Å². The molecular weight excluding hydrogens is 198 g/mol. The number of hydrogen-bond acceptors (Lipinski definition) is 6. The molecular formula is C9H15N3O3. The second kappa shape index (κ2) is 4.69. The van der Waals surface area contributed by atoms with Crippen LogP contribution < -0.4 is 0 Å². The lowest BCUT2D eigenvalue weighted by atomic mass is 10.2. The summed E-state index contributed by atoms with van der Waals surface area (Å²) in [6.07, 6.45) is -0.136. The predicted molar refractivity (Wildman–Crippen MR) is 51.0 cm³/mol. The molecule has 1 aliphatic heterocycles. The fourth-order valence-electron chi connectivity index (χ4n) is 1.61. The van der Waals surface area contributed by atoms with E-state index in [0.717, 1.165) is 19.6 Å². The standard InChI is InChI=1S/C9H15N3O3/c1-2-12-3-4-14-7(5-12)9-10-8(6-13)15-11-9/h7,13H,2-6H2,1H3. The van der Waals surface area contributed by atoms with Gasteiger partial charge >= 0.3 is 0 Å². The topological polar surface area (TPSA) is 71.6 Å². The number of hydrogen-bond donors (Lipinski definition) is 1. The number of aromatic nitrogens is 2. The third kappa shape index (κ3) is 2.34. The molecule has 1 aromatic rings. The van der Waals surface area contributed by atoms with Gasteiger partial charge in [-0.25, -0.2) is 0 Å². The van der Waals surface area contributed by atoms with E-state index in [1.165, 1.54) is 0 Å². The van der Waals surface area contributed by atoms with Crippen LogP contribution in [-0.4, -0.2) is 46.4 Å². The van der Waals surface area contributed by atoms with Gasteiger partial charge in [-0.3, -0.25) is 4.90 Å². The Morgan fingerprint density at radius 1 is 1.60 bits per heavy atom. The fourth-order valence-corrected chi connectivity index (χ4v) is 1.61. The molecule has 1 unspecified atom stereocenters. The number of aliphatic hydroxyl groups is 1. The summed E-state index contributed by atoms with van der Waals surface area (Å²) in [6, 6.07) is 0. The maximum absolute atomic E-state index is 8.80. The molecule has 2 heterocycles. The van der Waals surface area contributed by atoms with Gasteiger partial charge in [-0.1, -0.05) is 12.1 Å². The molecule has 0 aliphatic carbocycles. The average Bonchev–Trinajstić information content (AvgIpc) is 2.78. The Kier molecular flexibility index (Phi) is 3.30. The SMILES string of the molecule is CCN1CCOC(c2noc(CO)n2)C1. The van der Waals surface area contributed by atoms with E-state index in [9.17, 15) is 0 Å². The molecule has 6 heteroatoms. The molecule has 0 saturated carbocycles. The van der Waals surface area contributed by atoms with E-state index < -0.39 is 0 Å². The number of nitrogens with zero attached hydrogens (tertiary/aromatic N) is 3. The molecule has 1 atom stereocenters. The molecule has 0 radical (unpaired) electrons. The first-order valence-electron chi connectivity index (χ1n) is 5.10. The number of aliphatic hydroxyl groups excluding tert-OH is 1. The molecule has 1 N–H and O–H groups in total. The highest BCUT2D eigenvalue weighted by molar-refractivity contribution is 4.93. The Morgan fingerprint density at radius 3 is 3.13 bits per heavy atom. The summed E-state index contributed by atoms with van der Waals surface area (Å²) in [4.78, 5) is 6.31. The molecule has 1 aromatic heterocycles. The third-order valence-corrected chi connectivity index (χ3v) is 2.50. The Balaban J connectivity index is 2.03. The second-order valence-corrected chi connectivity index (χ2v) is 3.46. The molecule has 1 saturated heterocycles. The van der Waals surface area contributed by atoms with Crippen LogP contribution >= 0.6 is 0 Å². The third-order valence-electron chi connectivity index (χ3n) is 2.50. The van der Waals surface area contributed by atoms with Gasteiger partial charge in [0.1, 0.15) is 12.7 Å². The Bertz CT molecular complexity index is 315. The highest BCUT2D eigenvalue weighted by atomic mass is 16.5. The molecule has 0 spiro atoms. The van der Waals surface area contributed by atoms with Crippen molar-refractivity contribution in [1.82, 2.24) is 15.0 Å². The van der Waals surface area contributed by atoms with E-state index >= 15 is 0 Å². The van der Waals surface area contributed by atoms with Crippen molar-refractivity contribution >= 4 is 0 Å². The van der Waals surface area contributed by atoms with Crippen molar-refractivity contribution < 1.29 is 14.4 Å². The van der Waals surface area contributed by atoms with E-state index in [1.807, 2.05) is 0 Å². The summed E-state index contributed by atoms with van der Waals surface area (Å²) >= 11 is 0. The van der Waals surface area contributed by atoms with Crippen LogP contribution in [0.3, 0.4) is 0 Å². The number of rotatable bonds is 3. The van der Waals surface area contributed by atoms with Gasteiger partial charge in [0.2, 0.25) is 5.82 Å². The van der Waals surface area contributed by atoms with Crippen LogP contribution in [0.2, 0.25) is 0 Å². The molecule has 0 aromatic carbocycles. The monoisotopic (exact) mass is 213 g/mol. The normalized spacial score (nSPS) is 23.2. The smallest absolute Gasteiger partial charge is 0.252 e. The van der Waals surface area contributed by atoms with Crippen LogP contribution in [0.1, 0.15) is 24.7 Å². The van der Waals surface area contributed by atoms with E-state index in [-0.39, 0.29) is 18.6 Å². The molecule has 1 aliphatic rings. The summed E-state index contributed by atoms with van der Waals surface area (Å²) in [5.41, 5.74) is 0. The molecule has 0 amide bonds. The van der Waals surface area contributed by atoms with E-state index in [4.69, 9.17) is 14.4 Å². The van der Waals surface area contributed by atoms with E-state index in [2.05, 4.69) is 22.0 Å².